The Morgan fingerprint density at radius 1 is 1.38 bits per heavy atom. The Hall–Kier alpha value is -0.540. The second kappa shape index (κ2) is 13.6. The van der Waals surface area contributed by atoms with Gasteiger partial charge in [-0.15, -0.1) is 35.3 Å². The van der Waals surface area contributed by atoms with Gasteiger partial charge in [-0.2, -0.15) is 0 Å². The molecule has 1 aliphatic heterocycles. The number of hydrogen-bond donors (Lipinski definition) is 2. The number of anilines is 1. The summed E-state index contributed by atoms with van der Waals surface area (Å²) in [6.07, 6.45) is 3.28. The predicted molar refractivity (Wildman–Crippen MR) is 124 cm³/mol. The van der Waals surface area contributed by atoms with Gasteiger partial charge < -0.3 is 20.3 Å². The Morgan fingerprint density at radius 2 is 2.15 bits per heavy atom. The van der Waals surface area contributed by atoms with Crippen molar-refractivity contribution in [3.63, 3.8) is 0 Å². The maximum absolute atomic E-state index is 5.62. The quantitative estimate of drug-likeness (QED) is 0.236. The number of nitrogens with zero attached hydrogens (tertiary/aromatic N) is 2. The third-order valence-corrected chi connectivity index (χ3v) is 5.09. The molecule has 1 aromatic rings. The van der Waals surface area contributed by atoms with E-state index in [4.69, 9.17) is 9.73 Å². The van der Waals surface area contributed by atoms with Crippen LogP contribution in [0.15, 0.2) is 22.5 Å². The fraction of sp³-hybridized carbons (Fsp3) is 0.737. The Balaban J connectivity index is 0.00000338. The van der Waals surface area contributed by atoms with Crippen molar-refractivity contribution in [2.45, 2.75) is 46.1 Å². The van der Waals surface area contributed by atoms with Crippen LogP contribution in [0.25, 0.3) is 0 Å². The highest BCUT2D eigenvalue weighted by Crippen LogP contribution is 2.24. The van der Waals surface area contributed by atoms with Crippen molar-refractivity contribution >= 4 is 46.3 Å². The maximum atomic E-state index is 5.62. The molecule has 2 N–H and O–H groups in total. The summed E-state index contributed by atoms with van der Waals surface area (Å²) in [5, 5.41) is 10.5. The van der Waals surface area contributed by atoms with Gasteiger partial charge in [0.25, 0.3) is 0 Å². The number of rotatable bonds is 9. The third-order valence-electron chi connectivity index (χ3n) is 4.17. The average molecular weight is 494 g/mol. The van der Waals surface area contributed by atoms with Gasteiger partial charge in [-0.05, 0) is 49.6 Å². The van der Waals surface area contributed by atoms with Crippen molar-refractivity contribution in [1.82, 2.24) is 10.6 Å². The first kappa shape index (κ1) is 23.5. The number of piperidine rings is 1. The van der Waals surface area contributed by atoms with Crippen LogP contribution in [0.2, 0.25) is 0 Å². The number of thiophene rings is 1. The van der Waals surface area contributed by atoms with Crippen LogP contribution < -0.4 is 15.5 Å². The molecule has 0 atom stereocenters. The maximum Gasteiger partial charge on any atom is 0.191 e. The molecule has 0 saturated carbocycles. The van der Waals surface area contributed by atoms with E-state index in [1.165, 1.54) is 5.00 Å². The zero-order valence-corrected chi connectivity index (χ0v) is 19.5. The molecule has 1 aromatic heterocycles. The fourth-order valence-corrected chi connectivity index (χ4v) is 3.67. The lowest BCUT2D eigenvalue weighted by Crippen LogP contribution is -2.48. The van der Waals surface area contributed by atoms with E-state index < -0.39 is 0 Å². The van der Waals surface area contributed by atoms with Crippen LogP contribution in [0.5, 0.6) is 0 Å². The van der Waals surface area contributed by atoms with Gasteiger partial charge in [-0.1, -0.05) is 13.8 Å². The number of halogens is 1. The lowest BCUT2D eigenvalue weighted by atomic mass is 10.1. The Kier molecular flexibility index (Phi) is 12.3. The molecule has 1 saturated heterocycles. The summed E-state index contributed by atoms with van der Waals surface area (Å²) in [5.41, 5.74) is 0. The summed E-state index contributed by atoms with van der Waals surface area (Å²) in [6, 6.07) is 4.85. The highest BCUT2D eigenvalue weighted by atomic mass is 127. The summed E-state index contributed by atoms with van der Waals surface area (Å²) in [7, 11) is 0. The number of aliphatic imine (C=N–C) groups is 1. The minimum absolute atomic E-state index is 0. The monoisotopic (exact) mass is 494 g/mol. The van der Waals surface area contributed by atoms with Crippen molar-refractivity contribution in [2.24, 2.45) is 10.9 Å². The predicted octanol–water partition coefficient (Wildman–Crippen LogP) is 3.95. The largest absolute Gasteiger partial charge is 0.381 e. The van der Waals surface area contributed by atoms with Gasteiger partial charge in [-0.25, -0.2) is 0 Å². The van der Waals surface area contributed by atoms with Gasteiger partial charge in [0.1, 0.15) is 0 Å². The molecule has 0 bridgehead atoms. The average Bonchev–Trinajstić information content (AvgIpc) is 3.13. The molecule has 0 aliphatic carbocycles. The summed E-state index contributed by atoms with van der Waals surface area (Å²) < 4.78 is 5.62. The molecule has 1 fully saturated rings. The van der Waals surface area contributed by atoms with E-state index in [0.29, 0.717) is 12.0 Å². The van der Waals surface area contributed by atoms with Crippen LogP contribution in [-0.2, 0) is 4.74 Å². The smallest absolute Gasteiger partial charge is 0.191 e. The van der Waals surface area contributed by atoms with Gasteiger partial charge in [0.15, 0.2) is 5.96 Å². The molecule has 0 amide bonds. The van der Waals surface area contributed by atoms with E-state index in [1.54, 1.807) is 0 Å². The van der Waals surface area contributed by atoms with Gasteiger partial charge in [0.05, 0.1) is 5.00 Å². The zero-order chi connectivity index (χ0) is 17.9. The van der Waals surface area contributed by atoms with E-state index in [2.05, 4.69) is 53.8 Å². The molecule has 0 aromatic carbocycles. The second-order valence-electron chi connectivity index (χ2n) is 6.94. The molecular formula is C19H35IN4OS. The molecule has 150 valence electrons. The first-order chi connectivity index (χ1) is 12.2. The zero-order valence-electron chi connectivity index (χ0n) is 16.4. The third kappa shape index (κ3) is 8.90. The van der Waals surface area contributed by atoms with Crippen LogP contribution in [0.4, 0.5) is 5.00 Å². The molecule has 0 unspecified atom stereocenters. The minimum Gasteiger partial charge on any atom is -0.381 e. The van der Waals surface area contributed by atoms with Crippen molar-refractivity contribution in [3.8, 4) is 0 Å². The Labute approximate surface area is 180 Å². The van der Waals surface area contributed by atoms with Crippen molar-refractivity contribution < 1.29 is 4.74 Å². The number of guanidine groups is 1. The van der Waals surface area contributed by atoms with Crippen molar-refractivity contribution in [3.05, 3.63) is 17.5 Å². The Bertz CT molecular complexity index is 488. The number of nitrogens with one attached hydrogen (secondary N) is 2. The van der Waals surface area contributed by atoms with Crippen molar-refractivity contribution in [2.75, 3.05) is 44.3 Å². The second-order valence-corrected chi connectivity index (χ2v) is 7.87. The first-order valence-electron chi connectivity index (χ1n) is 9.60. The van der Waals surface area contributed by atoms with Gasteiger partial charge >= 0.3 is 0 Å². The summed E-state index contributed by atoms with van der Waals surface area (Å²) in [6.45, 7) is 12.0. The Morgan fingerprint density at radius 3 is 2.77 bits per heavy atom. The van der Waals surface area contributed by atoms with E-state index in [0.717, 1.165) is 64.6 Å². The standard InChI is InChI=1S/C19H34N4OS.HI/c1-4-20-19(21-10-6-13-24-15-16(2)3)22-17-8-11-23(12-9-17)18-7-5-14-25-18;/h5,7,14,16-17H,4,6,8-13,15H2,1-3H3,(H2,20,21,22);1H. The molecule has 26 heavy (non-hydrogen) atoms. The molecule has 5 nitrogen and oxygen atoms in total. The number of ether oxygens (including phenoxy) is 1. The fourth-order valence-electron chi connectivity index (χ4n) is 2.88. The minimum atomic E-state index is 0. The highest BCUT2D eigenvalue weighted by Gasteiger charge is 2.20. The SMILES string of the molecule is CCNC(=NCCCOCC(C)C)NC1CCN(c2cccs2)CC1.I. The van der Waals surface area contributed by atoms with E-state index in [9.17, 15) is 0 Å². The van der Waals surface area contributed by atoms with Crippen LogP contribution in [-0.4, -0.2) is 51.4 Å². The molecule has 7 heteroatoms. The van der Waals surface area contributed by atoms with Crippen LogP contribution in [0.3, 0.4) is 0 Å². The highest BCUT2D eigenvalue weighted by molar-refractivity contribution is 14.0. The van der Waals surface area contributed by atoms with Gasteiger partial charge in [0, 0.05) is 45.4 Å². The summed E-state index contributed by atoms with van der Waals surface area (Å²) in [4.78, 5) is 7.18. The van der Waals surface area contributed by atoms with E-state index in [1.807, 2.05) is 11.3 Å². The number of hydrogen-bond acceptors (Lipinski definition) is 4. The lowest BCUT2D eigenvalue weighted by molar-refractivity contribution is 0.109. The summed E-state index contributed by atoms with van der Waals surface area (Å²) >= 11 is 1.83. The van der Waals surface area contributed by atoms with Gasteiger partial charge in [-0.3, -0.25) is 4.99 Å². The first-order valence-corrected chi connectivity index (χ1v) is 10.5. The van der Waals surface area contributed by atoms with Crippen molar-refractivity contribution in [1.29, 1.82) is 0 Å². The molecule has 0 spiro atoms. The molecule has 1 aliphatic rings. The summed E-state index contributed by atoms with van der Waals surface area (Å²) in [5.74, 6) is 1.54. The lowest BCUT2D eigenvalue weighted by Gasteiger charge is -2.33. The van der Waals surface area contributed by atoms with Gasteiger partial charge in [0.2, 0.25) is 0 Å². The van der Waals surface area contributed by atoms with Crippen LogP contribution >= 0.6 is 35.3 Å². The molecular weight excluding hydrogens is 459 g/mol. The van der Waals surface area contributed by atoms with E-state index in [-0.39, 0.29) is 24.0 Å². The van der Waals surface area contributed by atoms with Crippen LogP contribution in [0, 0.1) is 5.92 Å². The van der Waals surface area contributed by atoms with Crippen LogP contribution in [0.1, 0.15) is 40.0 Å². The normalized spacial score (nSPS) is 15.8. The topological polar surface area (TPSA) is 48.9 Å². The molecule has 0 radical (unpaired) electrons. The van der Waals surface area contributed by atoms with E-state index >= 15 is 0 Å². The molecule has 2 heterocycles. The molecule has 2 rings (SSSR count).